The Morgan fingerprint density at radius 1 is 1.47 bits per heavy atom. The molecular weight excluding hydrogens is 258 g/mol. The second kappa shape index (κ2) is 3.73. The Kier molecular flexibility index (Phi) is 2.56. The molecule has 0 aliphatic rings. The number of nitrogen functional groups attached to an aromatic ring is 1. The molecule has 2 rings (SSSR count). The zero-order valence-corrected chi connectivity index (χ0v) is 10.1. The van der Waals surface area contributed by atoms with Gasteiger partial charge in [-0.3, -0.25) is 5.10 Å². The fraction of sp³-hybridized carbons (Fsp3) is 0.300. The van der Waals surface area contributed by atoms with Gasteiger partial charge in [-0.2, -0.15) is 5.10 Å². The first-order valence-corrected chi connectivity index (χ1v) is 5.48. The molecule has 2 heterocycles. The largest absolute Gasteiger partial charge is 0.448 e. The van der Waals surface area contributed by atoms with Crippen molar-refractivity contribution < 1.29 is 4.42 Å². The average molecular weight is 270 g/mol. The van der Waals surface area contributed by atoms with Crippen molar-refractivity contribution in [2.75, 3.05) is 5.73 Å². The lowest BCUT2D eigenvalue weighted by atomic mass is 10.0. The third-order valence-electron chi connectivity index (χ3n) is 2.23. The van der Waals surface area contributed by atoms with E-state index in [1.165, 1.54) is 0 Å². The van der Waals surface area contributed by atoms with Crippen molar-refractivity contribution in [3.8, 4) is 11.5 Å². The quantitative estimate of drug-likeness (QED) is 0.880. The van der Waals surface area contributed by atoms with Crippen molar-refractivity contribution in [1.29, 1.82) is 0 Å². The van der Waals surface area contributed by atoms with Crippen LogP contribution in [-0.2, 0) is 0 Å². The van der Waals surface area contributed by atoms with E-state index in [2.05, 4.69) is 40.0 Å². The van der Waals surface area contributed by atoms with Crippen LogP contribution >= 0.6 is 15.9 Å². The molecular formula is C10H12BrN3O. The number of hydrogen-bond acceptors (Lipinski definition) is 3. The molecule has 0 unspecified atom stereocenters. The van der Waals surface area contributed by atoms with Gasteiger partial charge in [0.2, 0.25) is 0 Å². The van der Waals surface area contributed by atoms with Crippen molar-refractivity contribution in [3.05, 3.63) is 22.4 Å². The summed E-state index contributed by atoms with van der Waals surface area (Å²) in [5.74, 6) is 1.59. The molecule has 0 amide bonds. The number of nitrogens with zero attached hydrogens (tertiary/aromatic N) is 1. The van der Waals surface area contributed by atoms with Crippen LogP contribution < -0.4 is 5.73 Å². The SMILES string of the molecule is CC(C)c1c(N)n[nH]c1-c1ccc(Br)o1. The van der Waals surface area contributed by atoms with Crippen LogP contribution in [0.2, 0.25) is 0 Å². The maximum Gasteiger partial charge on any atom is 0.169 e. The first kappa shape index (κ1) is 10.3. The summed E-state index contributed by atoms with van der Waals surface area (Å²) < 4.78 is 6.16. The predicted molar refractivity (Wildman–Crippen MR) is 62.5 cm³/mol. The van der Waals surface area contributed by atoms with E-state index < -0.39 is 0 Å². The molecule has 0 saturated carbocycles. The highest BCUT2D eigenvalue weighted by atomic mass is 79.9. The molecule has 80 valence electrons. The lowest BCUT2D eigenvalue weighted by Crippen LogP contribution is -1.94. The number of H-pyrrole nitrogens is 1. The van der Waals surface area contributed by atoms with Crippen molar-refractivity contribution in [2.24, 2.45) is 0 Å². The summed E-state index contributed by atoms with van der Waals surface area (Å²) in [5.41, 5.74) is 7.64. The standard InChI is InChI=1S/C10H12BrN3O/c1-5(2)8-9(13-14-10(8)12)6-3-4-7(11)15-6/h3-5H,1-2H3,(H3,12,13,14). The molecule has 0 atom stereocenters. The summed E-state index contributed by atoms with van der Waals surface area (Å²) in [6, 6.07) is 3.72. The molecule has 0 bridgehead atoms. The van der Waals surface area contributed by atoms with E-state index >= 15 is 0 Å². The van der Waals surface area contributed by atoms with Crippen molar-refractivity contribution in [3.63, 3.8) is 0 Å². The minimum absolute atomic E-state index is 0.308. The third-order valence-corrected chi connectivity index (χ3v) is 2.66. The van der Waals surface area contributed by atoms with Crippen LogP contribution in [0.25, 0.3) is 11.5 Å². The molecule has 0 radical (unpaired) electrons. The number of furan rings is 1. The number of aromatic nitrogens is 2. The zero-order valence-electron chi connectivity index (χ0n) is 8.54. The smallest absolute Gasteiger partial charge is 0.169 e. The van der Waals surface area contributed by atoms with Crippen molar-refractivity contribution in [2.45, 2.75) is 19.8 Å². The maximum absolute atomic E-state index is 5.79. The average Bonchev–Trinajstić information content (AvgIpc) is 2.71. The van der Waals surface area contributed by atoms with E-state index in [9.17, 15) is 0 Å². The number of nitrogens with two attached hydrogens (primary N) is 1. The molecule has 2 aromatic heterocycles. The molecule has 0 spiro atoms. The molecule has 0 fully saturated rings. The van der Waals surface area contributed by atoms with E-state index in [4.69, 9.17) is 10.2 Å². The number of anilines is 1. The van der Waals surface area contributed by atoms with Gasteiger partial charge in [-0.25, -0.2) is 0 Å². The number of nitrogens with one attached hydrogen (secondary N) is 1. The van der Waals surface area contributed by atoms with Gasteiger partial charge in [-0.15, -0.1) is 0 Å². The highest BCUT2D eigenvalue weighted by Gasteiger charge is 2.17. The van der Waals surface area contributed by atoms with Gasteiger partial charge in [-0.05, 0) is 34.0 Å². The van der Waals surface area contributed by atoms with E-state index in [0.29, 0.717) is 16.4 Å². The second-order valence-corrected chi connectivity index (χ2v) is 4.44. The van der Waals surface area contributed by atoms with E-state index in [0.717, 1.165) is 17.0 Å². The maximum atomic E-state index is 5.79. The summed E-state index contributed by atoms with van der Waals surface area (Å²) in [6.07, 6.45) is 0. The summed E-state index contributed by atoms with van der Waals surface area (Å²) in [6.45, 7) is 4.14. The molecule has 15 heavy (non-hydrogen) atoms. The monoisotopic (exact) mass is 269 g/mol. The number of aromatic amines is 1. The predicted octanol–water partition coefficient (Wildman–Crippen LogP) is 3.14. The minimum Gasteiger partial charge on any atom is -0.448 e. The van der Waals surface area contributed by atoms with Gasteiger partial charge in [-0.1, -0.05) is 13.8 Å². The normalized spacial score (nSPS) is 11.2. The van der Waals surface area contributed by atoms with Gasteiger partial charge in [0.15, 0.2) is 10.4 Å². The molecule has 0 aliphatic heterocycles. The molecule has 5 heteroatoms. The first-order chi connectivity index (χ1) is 7.09. The van der Waals surface area contributed by atoms with Crippen LogP contribution in [-0.4, -0.2) is 10.2 Å². The highest BCUT2D eigenvalue weighted by Crippen LogP contribution is 2.33. The highest BCUT2D eigenvalue weighted by molar-refractivity contribution is 9.10. The summed E-state index contributed by atoms with van der Waals surface area (Å²) >= 11 is 3.27. The summed E-state index contributed by atoms with van der Waals surface area (Å²) in [4.78, 5) is 0. The van der Waals surface area contributed by atoms with Gasteiger partial charge >= 0.3 is 0 Å². The molecule has 2 aromatic rings. The van der Waals surface area contributed by atoms with Gasteiger partial charge in [0.25, 0.3) is 0 Å². The Bertz CT molecular complexity index is 473. The van der Waals surface area contributed by atoms with E-state index in [1.807, 2.05) is 12.1 Å². The number of hydrogen-bond donors (Lipinski definition) is 2. The zero-order chi connectivity index (χ0) is 11.0. The Hall–Kier alpha value is -1.23. The van der Waals surface area contributed by atoms with Gasteiger partial charge in [0.1, 0.15) is 11.5 Å². The third kappa shape index (κ3) is 1.79. The second-order valence-electron chi connectivity index (χ2n) is 3.66. The fourth-order valence-corrected chi connectivity index (χ4v) is 1.89. The number of halogens is 1. The summed E-state index contributed by atoms with van der Waals surface area (Å²) in [7, 11) is 0. The lowest BCUT2D eigenvalue weighted by molar-refractivity contribution is 0.552. The first-order valence-electron chi connectivity index (χ1n) is 4.69. The summed E-state index contributed by atoms with van der Waals surface area (Å²) in [5, 5.41) is 6.90. The Morgan fingerprint density at radius 3 is 2.73 bits per heavy atom. The van der Waals surface area contributed by atoms with E-state index in [1.54, 1.807) is 0 Å². The van der Waals surface area contributed by atoms with Crippen LogP contribution in [0.5, 0.6) is 0 Å². The van der Waals surface area contributed by atoms with E-state index in [-0.39, 0.29) is 0 Å². The Labute approximate surface area is 96.0 Å². The Balaban J connectivity index is 2.53. The molecule has 0 saturated heterocycles. The van der Waals surface area contributed by atoms with Crippen molar-refractivity contribution in [1.82, 2.24) is 10.2 Å². The Morgan fingerprint density at radius 2 is 2.20 bits per heavy atom. The molecule has 0 aliphatic carbocycles. The lowest BCUT2D eigenvalue weighted by Gasteiger charge is -2.04. The molecule has 0 aromatic carbocycles. The van der Waals surface area contributed by atoms with Crippen LogP contribution in [0, 0.1) is 0 Å². The number of rotatable bonds is 2. The van der Waals surface area contributed by atoms with Crippen LogP contribution in [0.3, 0.4) is 0 Å². The topological polar surface area (TPSA) is 67.8 Å². The van der Waals surface area contributed by atoms with Crippen LogP contribution in [0.1, 0.15) is 25.3 Å². The van der Waals surface area contributed by atoms with Gasteiger partial charge in [0, 0.05) is 5.56 Å². The van der Waals surface area contributed by atoms with Crippen molar-refractivity contribution >= 4 is 21.7 Å². The van der Waals surface area contributed by atoms with Gasteiger partial charge < -0.3 is 10.2 Å². The van der Waals surface area contributed by atoms with Crippen LogP contribution in [0.15, 0.2) is 21.2 Å². The fourth-order valence-electron chi connectivity index (χ4n) is 1.59. The van der Waals surface area contributed by atoms with Crippen LogP contribution in [0.4, 0.5) is 5.82 Å². The molecule has 3 N–H and O–H groups in total. The van der Waals surface area contributed by atoms with Gasteiger partial charge in [0.05, 0.1) is 0 Å². The minimum atomic E-state index is 0.308. The molecule has 4 nitrogen and oxygen atoms in total.